The molecule has 2 aliphatic rings. The van der Waals surface area contributed by atoms with E-state index in [1.165, 1.54) is 0 Å². The predicted molar refractivity (Wildman–Crippen MR) is 65.4 cm³/mol. The summed E-state index contributed by atoms with van der Waals surface area (Å²) < 4.78 is 5.49. The Morgan fingerprint density at radius 3 is 2.94 bits per heavy atom. The van der Waals surface area contributed by atoms with Crippen molar-refractivity contribution in [2.24, 2.45) is 0 Å². The van der Waals surface area contributed by atoms with Crippen LogP contribution in [0.5, 0.6) is 0 Å². The number of hydrogen-bond acceptors (Lipinski definition) is 5. The lowest BCUT2D eigenvalue weighted by atomic mass is 10.0. The molecule has 18 heavy (non-hydrogen) atoms. The highest BCUT2D eigenvalue weighted by atomic mass is 16.6. The van der Waals surface area contributed by atoms with Crippen LogP contribution in [-0.4, -0.2) is 53.2 Å². The number of carbonyl (C=O) groups is 1. The Kier molecular flexibility index (Phi) is 2.39. The molecule has 96 valence electrons. The first kappa shape index (κ1) is 11.3. The molecule has 2 saturated heterocycles. The highest BCUT2D eigenvalue weighted by Gasteiger charge is 2.49. The first-order chi connectivity index (χ1) is 8.58. The summed E-state index contributed by atoms with van der Waals surface area (Å²) >= 11 is 0. The second-order valence-electron chi connectivity index (χ2n) is 5.08. The van der Waals surface area contributed by atoms with Crippen LogP contribution in [0.2, 0.25) is 0 Å². The quantitative estimate of drug-likeness (QED) is 0.736. The smallest absolute Gasteiger partial charge is 0.410 e. The number of rotatable bonds is 1. The molecule has 3 heterocycles. The van der Waals surface area contributed by atoms with Gasteiger partial charge in [0.05, 0.1) is 13.1 Å². The minimum absolute atomic E-state index is 0.234. The number of nitrogens with zero attached hydrogens (tertiary/aromatic N) is 4. The van der Waals surface area contributed by atoms with Gasteiger partial charge in [0.1, 0.15) is 0 Å². The number of carbonyl (C=O) groups excluding carboxylic acids is 1. The van der Waals surface area contributed by atoms with Crippen LogP contribution in [0.1, 0.15) is 12.1 Å². The molecule has 6 nitrogen and oxygen atoms in total. The van der Waals surface area contributed by atoms with E-state index in [1.807, 2.05) is 13.0 Å². The van der Waals surface area contributed by atoms with E-state index < -0.39 is 0 Å². The molecule has 2 aliphatic heterocycles. The van der Waals surface area contributed by atoms with Gasteiger partial charge in [-0.15, -0.1) is 0 Å². The van der Waals surface area contributed by atoms with Crippen molar-refractivity contribution in [3.05, 3.63) is 18.0 Å². The Labute approximate surface area is 106 Å². The first-order valence-electron chi connectivity index (χ1n) is 6.07. The lowest BCUT2D eigenvalue weighted by Crippen LogP contribution is -2.37. The molecule has 1 aromatic heterocycles. The lowest BCUT2D eigenvalue weighted by Gasteiger charge is -2.21. The normalized spacial score (nSPS) is 27.1. The average Bonchev–Trinajstić information content (AvgIpc) is 2.84. The van der Waals surface area contributed by atoms with Crippen molar-refractivity contribution in [3.63, 3.8) is 0 Å². The highest BCUT2D eigenvalue weighted by molar-refractivity contribution is 5.70. The summed E-state index contributed by atoms with van der Waals surface area (Å²) in [6.45, 7) is 4.09. The zero-order chi connectivity index (χ0) is 12.8. The maximum atomic E-state index is 11.5. The van der Waals surface area contributed by atoms with E-state index in [2.05, 4.69) is 14.9 Å². The Morgan fingerprint density at radius 2 is 2.28 bits per heavy atom. The van der Waals surface area contributed by atoms with Crippen molar-refractivity contribution >= 4 is 12.0 Å². The topological polar surface area (TPSA) is 58.6 Å². The van der Waals surface area contributed by atoms with Crippen LogP contribution in [0.15, 0.2) is 12.3 Å². The molecule has 2 fully saturated rings. The maximum Gasteiger partial charge on any atom is 0.410 e. The van der Waals surface area contributed by atoms with Gasteiger partial charge in [0, 0.05) is 31.9 Å². The van der Waals surface area contributed by atoms with Gasteiger partial charge in [-0.1, -0.05) is 0 Å². The second-order valence-corrected chi connectivity index (χ2v) is 5.08. The minimum Gasteiger partial charge on any atom is -0.439 e. The fourth-order valence-corrected chi connectivity index (χ4v) is 2.61. The van der Waals surface area contributed by atoms with Gasteiger partial charge in [-0.3, -0.25) is 0 Å². The number of ether oxygens (including phenoxy) is 1. The minimum atomic E-state index is -0.376. The van der Waals surface area contributed by atoms with Crippen LogP contribution >= 0.6 is 0 Å². The molecule has 1 atom stereocenters. The third-order valence-electron chi connectivity index (χ3n) is 3.52. The molecule has 0 aliphatic carbocycles. The summed E-state index contributed by atoms with van der Waals surface area (Å²) in [5.41, 5.74) is 0.570. The zero-order valence-electron chi connectivity index (χ0n) is 10.6. The number of anilines is 1. The van der Waals surface area contributed by atoms with E-state index in [0.717, 1.165) is 24.6 Å². The van der Waals surface area contributed by atoms with E-state index in [9.17, 15) is 4.79 Å². The summed E-state index contributed by atoms with van der Waals surface area (Å²) in [6.07, 6.45) is 2.36. The molecule has 0 unspecified atom stereocenters. The van der Waals surface area contributed by atoms with Gasteiger partial charge in [-0.2, -0.15) is 0 Å². The molecule has 0 saturated carbocycles. The largest absolute Gasteiger partial charge is 0.439 e. The van der Waals surface area contributed by atoms with E-state index in [1.54, 1.807) is 18.1 Å². The zero-order valence-corrected chi connectivity index (χ0v) is 10.6. The maximum absolute atomic E-state index is 11.5. The van der Waals surface area contributed by atoms with Crippen LogP contribution in [0, 0.1) is 6.92 Å². The van der Waals surface area contributed by atoms with Crippen LogP contribution < -0.4 is 4.90 Å². The molecule has 0 aromatic carbocycles. The summed E-state index contributed by atoms with van der Waals surface area (Å²) in [5, 5.41) is 0. The summed E-state index contributed by atoms with van der Waals surface area (Å²) in [5.74, 6) is 0.720. The van der Waals surface area contributed by atoms with Crippen molar-refractivity contribution in [3.8, 4) is 0 Å². The van der Waals surface area contributed by atoms with E-state index in [4.69, 9.17) is 4.74 Å². The molecule has 0 bridgehead atoms. The molecule has 0 radical (unpaired) electrons. The van der Waals surface area contributed by atoms with Crippen LogP contribution in [0.25, 0.3) is 0 Å². The van der Waals surface area contributed by atoms with Gasteiger partial charge >= 0.3 is 6.09 Å². The van der Waals surface area contributed by atoms with Gasteiger partial charge in [0.15, 0.2) is 5.60 Å². The average molecular weight is 248 g/mol. The van der Waals surface area contributed by atoms with Crippen molar-refractivity contribution in [1.82, 2.24) is 14.9 Å². The first-order valence-corrected chi connectivity index (χ1v) is 6.07. The van der Waals surface area contributed by atoms with Gasteiger partial charge in [0.2, 0.25) is 5.95 Å². The third-order valence-corrected chi connectivity index (χ3v) is 3.52. The highest BCUT2D eigenvalue weighted by Crippen LogP contribution is 2.33. The van der Waals surface area contributed by atoms with E-state index >= 15 is 0 Å². The molecular formula is C12H16N4O2. The third kappa shape index (κ3) is 1.77. The van der Waals surface area contributed by atoms with Crippen LogP contribution in [0.3, 0.4) is 0 Å². The fourth-order valence-electron chi connectivity index (χ4n) is 2.61. The molecule has 3 rings (SSSR count). The molecule has 1 aromatic rings. The van der Waals surface area contributed by atoms with Crippen LogP contribution in [0.4, 0.5) is 10.7 Å². The van der Waals surface area contributed by atoms with E-state index in [-0.39, 0.29) is 11.7 Å². The number of aromatic nitrogens is 2. The molecule has 6 heteroatoms. The monoisotopic (exact) mass is 248 g/mol. The van der Waals surface area contributed by atoms with Crippen molar-refractivity contribution in [2.45, 2.75) is 18.9 Å². The Balaban J connectivity index is 1.78. The standard InChI is InChI=1S/C12H16N4O2/c1-9-3-5-13-10(14-9)16-6-4-12(8-16)7-15(2)11(17)18-12/h3,5H,4,6-8H2,1-2H3/t12-/m0/s1. The number of likely N-dealkylation sites (N-methyl/N-ethyl adjacent to an activating group) is 1. The second kappa shape index (κ2) is 3.83. The fraction of sp³-hybridized carbons (Fsp3) is 0.583. The Bertz CT molecular complexity index is 493. The molecule has 0 N–H and O–H groups in total. The van der Waals surface area contributed by atoms with Gasteiger partial charge in [-0.25, -0.2) is 14.8 Å². The SMILES string of the molecule is Cc1ccnc(N2CC[C@]3(CN(C)C(=O)O3)C2)n1. The van der Waals surface area contributed by atoms with Gasteiger partial charge in [0.25, 0.3) is 0 Å². The van der Waals surface area contributed by atoms with Crippen molar-refractivity contribution in [1.29, 1.82) is 0 Å². The van der Waals surface area contributed by atoms with Crippen molar-refractivity contribution in [2.75, 3.05) is 31.6 Å². The summed E-state index contributed by atoms with van der Waals surface area (Å²) in [6, 6.07) is 1.87. The molecular weight excluding hydrogens is 232 g/mol. The van der Waals surface area contributed by atoms with Gasteiger partial charge in [-0.05, 0) is 13.0 Å². The Hall–Kier alpha value is -1.85. The summed E-state index contributed by atoms with van der Waals surface area (Å²) in [7, 11) is 1.77. The van der Waals surface area contributed by atoms with Gasteiger partial charge < -0.3 is 14.5 Å². The molecule has 1 amide bonds. The lowest BCUT2D eigenvalue weighted by molar-refractivity contribution is 0.0741. The molecule has 1 spiro atoms. The number of aryl methyl sites for hydroxylation is 1. The number of amides is 1. The Morgan fingerprint density at radius 1 is 1.44 bits per heavy atom. The number of hydrogen-bond donors (Lipinski definition) is 0. The van der Waals surface area contributed by atoms with E-state index in [0.29, 0.717) is 13.1 Å². The predicted octanol–water partition coefficient (Wildman–Crippen LogP) is 0.816. The summed E-state index contributed by atoms with van der Waals surface area (Å²) in [4.78, 5) is 23.9. The van der Waals surface area contributed by atoms with Crippen molar-refractivity contribution < 1.29 is 9.53 Å². The van der Waals surface area contributed by atoms with Crippen LogP contribution in [-0.2, 0) is 4.74 Å².